The lowest BCUT2D eigenvalue weighted by atomic mass is 10.2. The number of nitrogens with two attached hydrogens (primary N) is 1. The summed E-state index contributed by atoms with van der Waals surface area (Å²) in [6.07, 6.45) is 0. The van der Waals surface area contributed by atoms with E-state index in [0.717, 1.165) is 0 Å². The lowest BCUT2D eigenvalue weighted by Crippen LogP contribution is -2.24. The summed E-state index contributed by atoms with van der Waals surface area (Å²) >= 11 is 5.65. The van der Waals surface area contributed by atoms with Gasteiger partial charge in [0.1, 0.15) is 11.6 Å². The molecular weight excluding hydrogens is 246 g/mol. The van der Waals surface area contributed by atoms with Gasteiger partial charge in [-0.05, 0) is 42.5 Å². The monoisotopic (exact) mass is 254 g/mol. The molecule has 88 valence electrons. The zero-order chi connectivity index (χ0) is 12.4. The van der Waals surface area contributed by atoms with E-state index in [2.05, 4.69) is 0 Å². The van der Waals surface area contributed by atoms with Crippen LogP contribution in [-0.4, -0.2) is 0 Å². The largest absolute Gasteiger partial charge is 0.280 e. The zero-order valence-corrected chi connectivity index (χ0v) is 9.46. The van der Waals surface area contributed by atoms with Crippen molar-refractivity contribution in [2.24, 2.45) is 5.84 Å². The van der Waals surface area contributed by atoms with Crippen molar-refractivity contribution in [1.29, 1.82) is 0 Å². The predicted molar refractivity (Wildman–Crippen MR) is 64.1 cm³/mol. The van der Waals surface area contributed by atoms with Gasteiger partial charge >= 0.3 is 0 Å². The van der Waals surface area contributed by atoms with Crippen LogP contribution in [0.4, 0.5) is 20.2 Å². The smallest absolute Gasteiger partial charge is 0.141 e. The maximum Gasteiger partial charge on any atom is 0.141 e. The van der Waals surface area contributed by atoms with Gasteiger partial charge in [-0.1, -0.05) is 11.6 Å². The molecule has 0 aliphatic carbocycles. The lowest BCUT2D eigenvalue weighted by Gasteiger charge is -2.19. The summed E-state index contributed by atoms with van der Waals surface area (Å²) in [5, 5.41) is 1.28. The van der Waals surface area contributed by atoms with Crippen LogP contribution in [0.25, 0.3) is 0 Å². The Kier molecular flexibility index (Phi) is 3.26. The van der Waals surface area contributed by atoms with Crippen LogP contribution in [0.5, 0.6) is 0 Å². The van der Waals surface area contributed by atoms with Gasteiger partial charge in [0.2, 0.25) is 0 Å². The second kappa shape index (κ2) is 4.69. The number of rotatable bonds is 2. The van der Waals surface area contributed by atoms with Crippen molar-refractivity contribution < 1.29 is 8.78 Å². The molecule has 0 aromatic heterocycles. The first kappa shape index (κ1) is 11.8. The Morgan fingerprint density at radius 3 is 2.12 bits per heavy atom. The number of hydrazine groups is 1. The van der Waals surface area contributed by atoms with Crippen molar-refractivity contribution in [3.8, 4) is 0 Å². The van der Waals surface area contributed by atoms with Crippen LogP contribution in [0.3, 0.4) is 0 Å². The standard InChI is InChI=1S/C12H9ClF2N2/c13-11-7-10(5-6-12(11)15)17(16)9-3-1-8(14)2-4-9/h1-7H,16H2. The first-order valence-corrected chi connectivity index (χ1v) is 5.21. The lowest BCUT2D eigenvalue weighted by molar-refractivity contribution is 0.627. The van der Waals surface area contributed by atoms with E-state index in [1.165, 1.54) is 47.5 Å². The Morgan fingerprint density at radius 2 is 1.53 bits per heavy atom. The Balaban J connectivity index is 2.33. The molecule has 0 aliphatic rings. The molecule has 2 aromatic rings. The molecule has 2 nitrogen and oxygen atoms in total. The van der Waals surface area contributed by atoms with E-state index in [-0.39, 0.29) is 10.8 Å². The third-order valence-electron chi connectivity index (χ3n) is 2.29. The summed E-state index contributed by atoms with van der Waals surface area (Å²) in [6.45, 7) is 0. The van der Waals surface area contributed by atoms with E-state index in [4.69, 9.17) is 17.4 Å². The summed E-state index contributed by atoms with van der Waals surface area (Å²) in [5.74, 6) is 4.96. The molecule has 2 rings (SSSR count). The molecule has 0 fully saturated rings. The molecule has 0 saturated carbocycles. The fourth-order valence-corrected chi connectivity index (χ4v) is 1.56. The zero-order valence-electron chi connectivity index (χ0n) is 8.70. The highest BCUT2D eigenvalue weighted by Gasteiger charge is 2.07. The van der Waals surface area contributed by atoms with Crippen molar-refractivity contribution in [3.63, 3.8) is 0 Å². The van der Waals surface area contributed by atoms with E-state index in [1.54, 1.807) is 0 Å². The average molecular weight is 255 g/mol. The number of benzene rings is 2. The number of hydrogen-bond acceptors (Lipinski definition) is 2. The summed E-state index contributed by atoms with van der Waals surface area (Å²) < 4.78 is 25.7. The van der Waals surface area contributed by atoms with Crippen molar-refractivity contribution in [3.05, 3.63) is 59.1 Å². The molecule has 0 amide bonds. The van der Waals surface area contributed by atoms with Crippen LogP contribution < -0.4 is 10.9 Å². The van der Waals surface area contributed by atoms with Crippen LogP contribution in [0, 0.1) is 11.6 Å². The first-order valence-electron chi connectivity index (χ1n) is 4.83. The molecule has 0 aliphatic heterocycles. The second-order valence-electron chi connectivity index (χ2n) is 3.44. The molecule has 0 atom stereocenters. The van der Waals surface area contributed by atoms with E-state index >= 15 is 0 Å². The van der Waals surface area contributed by atoms with Gasteiger partial charge in [-0.3, -0.25) is 5.01 Å². The van der Waals surface area contributed by atoms with Crippen molar-refractivity contribution >= 4 is 23.0 Å². The minimum atomic E-state index is -0.511. The average Bonchev–Trinajstić information content (AvgIpc) is 2.33. The summed E-state index contributed by atoms with van der Waals surface area (Å²) in [4.78, 5) is 0. The van der Waals surface area contributed by atoms with E-state index in [0.29, 0.717) is 11.4 Å². The molecule has 0 unspecified atom stereocenters. The van der Waals surface area contributed by atoms with E-state index < -0.39 is 5.82 Å². The van der Waals surface area contributed by atoms with Gasteiger partial charge in [-0.2, -0.15) is 0 Å². The number of halogens is 3. The SMILES string of the molecule is NN(c1ccc(F)cc1)c1ccc(F)c(Cl)c1. The molecule has 2 aromatic carbocycles. The number of anilines is 2. The van der Waals surface area contributed by atoms with Gasteiger partial charge in [0.25, 0.3) is 0 Å². The summed E-state index contributed by atoms with van der Waals surface area (Å²) in [7, 11) is 0. The fourth-order valence-electron chi connectivity index (χ4n) is 1.39. The van der Waals surface area contributed by atoms with Crippen molar-refractivity contribution in [2.45, 2.75) is 0 Å². The maximum atomic E-state index is 13.0. The molecule has 5 heteroatoms. The second-order valence-corrected chi connectivity index (χ2v) is 3.85. The Labute approximate surface area is 102 Å². The quantitative estimate of drug-likeness (QED) is 0.655. The Morgan fingerprint density at radius 1 is 0.941 bits per heavy atom. The molecule has 17 heavy (non-hydrogen) atoms. The number of nitrogens with zero attached hydrogens (tertiary/aromatic N) is 1. The summed E-state index contributed by atoms with van der Waals surface area (Å²) in [6, 6.07) is 9.74. The highest BCUT2D eigenvalue weighted by Crippen LogP contribution is 2.26. The van der Waals surface area contributed by atoms with E-state index in [9.17, 15) is 8.78 Å². The topological polar surface area (TPSA) is 29.3 Å². The molecule has 0 spiro atoms. The van der Waals surface area contributed by atoms with Gasteiger partial charge in [0, 0.05) is 0 Å². The first-order chi connectivity index (χ1) is 8.08. The fraction of sp³-hybridized carbons (Fsp3) is 0. The third-order valence-corrected chi connectivity index (χ3v) is 2.58. The van der Waals surface area contributed by atoms with Crippen molar-refractivity contribution in [1.82, 2.24) is 0 Å². The Hall–Kier alpha value is -1.65. The van der Waals surface area contributed by atoms with Gasteiger partial charge in [-0.25, -0.2) is 14.6 Å². The highest BCUT2D eigenvalue weighted by atomic mass is 35.5. The molecule has 0 bridgehead atoms. The van der Waals surface area contributed by atoms with Crippen LogP contribution >= 0.6 is 11.6 Å². The van der Waals surface area contributed by atoms with E-state index in [1.807, 2.05) is 0 Å². The van der Waals surface area contributed by atoms with Crippen LogP contribution in [-0.2, 0) is 0 Å². The van der Waals surface area contributed by atoms with Crippen LogP contribution in [0.1, 0.15) is 0 Å². The molecule has 0 heterocycles. The van der Waals surface area contributed by atoms with Crippen LogP contribution in [0.15, 0.2) is 42.5 Å². The minimum Gasteiger partial charge on any atom is -0.280 e. The molecule has 0 radical (unpaired) electrons. The summed E-state index contributed by atoms with van der Waals surface area (Å²) in [5.41, 5.74) is 1.09. The van der Waals surface area contributed by atoms with Gasteiger partial charge in [0.15, 0.2) is 0 Å². The van der Waals surface area contributed by atoms with Gasteiger partial charge in [-0.15, -0.1) is 0 Å². The Bertz CT molecular complexity index is 529. The predicted octanol–water partition coefficient (Wildman–Crippen LogP) is 3.63. The van der Waals surface area contributed by atoms with Gasteiger partial charge in [0.05, 0.1) is 16.4 Å². The molecule has 0 saturated heterocycles. The molecular formula is C12H9ClF2N2. The maximum absolute atomic E-state index is 13.0. The minimum absolute atomic E-state index is 0.0138. The van der Waals surface area contributed by atoms with Gasteiger partial charge < -0.3 is 0 Å². The molecule has 2 N–H and O–H groups in total. The third kappa shape index (κ3) is 2.54. The van der Waals surface area contributed by atoms with Crippen LogP contribution in [0.2, 0.25) is 5.02 Å². The highest BCUT2D eigenvalue weighted by molar-refractivity contribution is 6.31. The van der Waals surface area contributed by atoms with Crippen molar-refractivity contribution in [2.75, 3.05) is 5.01 Å². The number of hydrogen-bond donors (Lipinski definition) is 1. The normalized spacial score (nSPS) is 10.4.